The molecule has 26 heavy (non-hydrogen) atoms. The van der Waals surface area contributed by atoms with E-state index in [0.717, 1.165) is 0 Å². The van der Waals surface area contributed by atoms with Gasteiger partial charge in [-0.2, -0.15) is 0 Å². The number of thioether (sulfide) groups is 1. The molecular weight excluding hydrogens is 378 g/mol. The summed E-state index contributed by atoms with van der Waals surface area (Å²) in [6.07, 6.45) is 0.380. The molecule has 0 spiro atoms. The predicted octanol–water partition coefficient (Wildman–Crippen LogP) is 3.22. The van der Waals surface area contributed by atoms with Crippen molar-refractivity contribution in [1.29, 1.82) is 0 Å². The van der Waals surface area contributed by atoms with Gasteiger partial charge in [-0.05, 0) is 6.07 Å². The second-order valence-electron chi connectivity index (χ2n) is 5.54. The van der Waals surface area contributed by atoms with Gasteiger partial charge in [-0.25, -0.2) is 9.78 Å². The highest BCUT2D eigenvalue weighted by atomic mass is 32.2. The van der Waals surface area contributed by atoms with E-state index in [2.05, 4.69) is 10.3 Å². The summed E-state index contributed by atoms with van der Waals surface area (Å²) < 4.78 is 0. The van der Waals surface area contributed by atoms with Gasteiger partial charge in [0.15, 0.2) is 5.69 Å². The molecule has 0 bridgehead atoms. The topological polar surface area (TPSA) is 122 Å². The van der Waals surface area contributed by atoms with E-state index in [9.17, 15) is 19.7 Å². The lowest BCUT2D eigenvalue weighted by atomic mass is 10.2. The van der Waals surface area contributed by atoms with Crippen LogP contribution >= 0.6 is 23.1 Å². The number of carbonyl (C=O) groups excluding carboxylic acids is 1. The molecule has 0 saturated carbocycles. The number of nitrogens with zero attached hydrogens (tertiary/aromatic N) is 2. The number of nitro groups is 1. The molecule has 2 N–H and O–H groups in total. The molecule has 2 aromatic rings. The SMILES string of the molecule is CC(C)Sc1ccc([N+](=O)[O-])cc1C(=O)NCCc1nc(C(=O)O)cs1. The molecule has 0 atom stereocenters. The summed E-state index contributed by atoms with van der Waals surface area (Å²) in [4.78, 5) is 38.3. The van der Waals surface area contributed by atoms with Gasteiger partial charge in [-0.15, -0.1) is 23.1 Å². The first-order valence-corrected chi connectivity index (χ1v) is 9.45. The zero-order valence-corrected chi connectivity index (χ0v) is 15.7. The maximum absolute atomic E-state index is 12.5. The number of carbonyl (C=O) groups is 2. The summed E-state index contributed by atoms with van der Waals surface area (Å²) >= 11 is 2.66. The maximum Gasteiger partial charge on any atom is 0.355 e. The number of aromatic nitrogens is 1. The number of nitrogens with one attached hydrogen (secondary N) is 1. The van der Waals surface area contributed by atoms with Crippen molar-refractivity contribution in [3.8, 4) is 0 Å². The minimum atomic E-state index is -1.09. The minimum Gasteiger partial charge on any atom is -0.476 e. The van der Waals surface area contributed by atoms with Crippen LogP contribution in [-0.2, 0) is 6.42 Å². The van der Waals surface area contributed by atoms with E-state index >= 15 is 0 Å². The number of nitro benzene ring substituents is 1. The first kappa shape index (κ1) is 19.9. The monoisotopic (exact) mass is 395 g/mol. The van der Waals surface area contributed by atoms with E-state index in [0.29, 0.717) is 16.3 Å². The molecular formula is C16H17N3O5S2. The molecule has 1 aromatic carbocycles. The molecule has 0 aliphatic carbocycles. The van der Waals surface area contributed by atoms with E-state index in [1.807, 2.05) is 13.8 Å². The number of rotatable bonds is 8. The zero-order chi connectivity index (χ0) is 19.3. The largest absolute Gasteiger partial charge is 0.476 e. The lowest BCUT2D eigenvalue weighted by Gasteiger charge is -2.11. The van der Waals surface area contributed by atoms with Crippen LogP contribution in [0.5, 0.6) is 0 Å². The smallest absolute Gasteiger partial charge is 0.355 e. The van der Waals surface area contributed by atoms with E-state index in [1.165, 1.54) is 40.6 Å². The van der Waals surface area contributed by atoms with Crippen molar-refractivity contribution in [2.45, 2.75) is 30.4 Å². The highest BCUT2D eigenvalue weighted by molar-refractivity contribution is 8.00. The number of carboxylic acid groups (broad SMARTS) is 1. The Morgan fingerprint density at radius 1 is 1.42 bits per heavy atom. The highest BCUT2D eigenvalue weighted by Gasteiger charge is 2.18. The average Bonchev–Trinajstić information content (AvgIpc) is 3.03. The van der Waals surface area contributed by atoms with Crippen LogP contribution in [0, 0.1) is 10.1 Å². The fourth-order valence-corrected chi connectivity index (χ4v) is 3.77. The van der Waals surface area contributed by atoms with Crippen molar-refractivity contribution in [2.24, 2.45) is 0 Å². The zero-order valence-electron chi connectivity index (χ0n) is 14.1. The van der Waals surface area contributed by atoms with Gasteiger partial charge in [0.25, 0.3) is 11.6 Å². The van der Waals surface area contributed by atoms with Gasteiger partial charge in [-0.3, -0.25) is 14.9 Å². The third kappa shape index (κ3) is 5.27. The van der Waals surface area contributed by atoms with E-state index < -0.39 is 16.8 Å². The number of carboxylic acids is 1. The van der Waals surface area contributed by atoms with Gasteiger partial charge in [0, 0.05) is 40.6 Å². The van der Waals surface area contributed by atoms with Crippen molar-refractivity contribution in [1.82, 2.24) is 10.3 Å². The molecule has 1 heterocycles. The summed E-state index contributed by atoms with van der Waals surface area (Å²) in [5.41, 5.74) is 0.0863. The fourth-order valence-electron chi connectivity index (χ4n) is 2.07. The third-order valence-electron chi connectivity index (χ3n) is 3.18. The van der Waals surface area contributed by atoms with Gasteiger partial charge in [0.2, 0.25) is 0 Å². The lowest BCUT2D eigenvalue weighted by Crippen LogP contribution is -2.26. The van der Waals surface area contributed by atoms with Gasteiger partial charge in [0.05, 0.1) is 15.5 Å². The molecule has 0 aliphatic heterocycles. The van der Waals surface area contributed by atoms with Crippen LogP contribution in [0.2, 0.25) is 0 Å². The number of amides is 1. The molecule has 0 unspecified atom stereocenters. The molecule has 2 rings (SSSR count). The normalized spacial score (nSPS) is 10.7. The fraction of sp³-hybridized carbons (Fsp3) is 0.312. The van der Waals surface area contributed by atoms with Gasteiger partial charge >= 0.3 is 5.97 Å². The Morgan fingerprint density at radius 3 is 2.73 bits per heavy atom. The molecule has 0 saturated heterocycles. The molecule has 10 heteroatoms. The quantitative estimate of drug-likeness (QED) is 0.400. The van der Waals surface area contributed by atoms with Crippen LogP contribution in [0.3, 0.4) is 0 Å². The molecule has 1 amide bonds. The van der Waals surface area contributed by atoms with Crippen LogP contribution in [0.15, 0.2) is 28.5 Å². The Kier molecular flexibility index (Phi) is 6.70. The molecule has 1 aromatic heterocycles. The standard InChI is InChI=1S/C16H17N3O5S2/c1-9(2)26-13-4-3-10(19(23)24)7-11(13)15(20)17-6-5-14-18-12(8-25-14)16(21)22/h3-4,7-9H,5-6H2,1-2H3,(H,17,20)(H,21,22). The van der Waals surface area contributed by atoms with Crippen LogP contribution in [0.4, 0.5) is 5.69 Å². The van der Waals surface area contributed by atoms with Crippen LogP contribution in [0.1, 0.15) is 39.7 Å². The van der Waals surface area contributed by atoms with Crippen LogP contribution in [0.25, 0.3) is 0 Å². The Labute approximate surface area is 157 Å². The first-order valence-electron chi connectivity index (χ1n) is 7.69. The number of thiazole rings is 1. The number of hydrogen-bond donors (Lipinski definition) is 2. The van der Waals surface area contributed by atoms with Crippen molar-refractivity contribution in [3.63, 3.8) is 0 Å². The summed E-state index contributed by atoms with van der Waals surface area (Å²) in [5, 5.41) is 24.8. The molecule has 0 aliphatic rings. The van der Waals surface area contributed by atoms with E-state index in [-0.39, 0.29) is 28.7 Å². The molecule has 8 nitrogen and oxygen atoms in total. The number of hydrogen-bond acceptors (Lipinski definition) is 7. The number of aromatic carboxylic acids is 1. The van der Waals surface area contributed by atoms with Crippen molar-refractivity contribution in [3.05, 3.63) is 50.0 Å². The predicted molar refractivity (Wildman–Crippen MR) is 99.2 cm³/mol. The van der Waals surface area contributed by atoms with Crippen molar-refractivity contribution >= 4 is 40.7 Å². The highest BCUT2D eigenvalue weighted by Crippen LogP contribution is 2.29. The maximum atomic E-state index is 12.5. The van der Waals surface area contributed by atoms with Crippen LogP contribution in [-0.4, -0.2) is 38.7 Å². The molecule has 0 radical (unpaired) electrons. The average molecular weight is 395 g/mol. The summed E-state index contributed by atoms with van der Waals surface area (Å²) in [6, 6.07) is 4.23. The Morgan fingerprint density at radius 2 is 2.15 bits per heavy atom. The second kappa shape index (κ2) is 8.77. The Balaban J connectivity index is 2.07. The first-order chi connectivity index (χ1) is 12.3. The van der Waals surface area contributed by atoms with Crippen molar-refractivity contribution in [2.75, 3.05) is 6.54 Å². The Hall–Kier alpha value is -2.46. The van der Waals surface area contributed by atoms with Crippen LogP contribution < -0.4 is 5.32 Å². The molecule has 0 fully saturated rings. The van der Waals surface area contributed by atoms with E-state index in [4.69, 9.17) is 5.11 Å². The van der Waals surface area contributed by atoms with Gasteiger partial charge in [0.1, 0.15) is 0 Å². The summed E-state index contributed by atoms with van der Waals surface area (Å²) in [5.74, 6) is -1.50. The molecule has 138 valence electrons. The summed E-state index contributed by atoms with van der Waals surface area (Å²) in [7, 11) is 0. The van der Waals surface area contributed by atoms with Gasteiger partial charge in [-0.1, -0.05) is 13.8 Å². The van der Waals surface area contributed by atoms with E-state index in [1.54, 1.807) is 6.07 Å². The lowest BCUT2D eigenvalue weighted by molar-refractivity contribution is -0.384. The second-order valence-corrected chi connectivity index (χ2v) is 8.10. The number of benzene rings is 1. The summed E-state index contributed by atoms with van der Waals surface area (Å²) in [6.45, 7) is 4.19. The number of non-ortho nitro benzene ring substituents is 1. The Bertz CT molecular complexity index is 835. The van der Waals surface area contributed by atoms with Crippen molar-refractivity contribution < 1.29 is 19.6 Å². The third-order valence-corrected chi connectivity index (χ3v) is 5.17. The van der Waals surface area contributed by atoms with Gasteiger partial charge < -0.3 is 10.4 Å². The minimum absolute atomic E-state index is 0.0226.